The molecule has 112 valence electrons. The molecule has 2 heterocycles. The number of aryl methyl sites for hydroxylation is 1. The van der Waals surface area contributed by atoms with Crippen LogP contribution in [0.3, 0.4) is 0 Å². The molecule has 0 saturated carbocycles. The minimum Gasteiger partial charge on any atom is -0.376 e. The third-order valence-electron chi connectivity index (χ3n) is 3.19. The molecule has 0 spiro atoms. The number of H-pyrrole nitrogens is 1. The second-order valence-corrected chi connectivity index (χ2v) is 5.91. The molecule has 0 aromatic carbocycles. The topological polar surface area (TPSA) is 71.1 Å². The van der Waals surface area contributed by atoms with E-state index in [-0.39, 0.29) is 12.0 Å². The number of aromatic amines is 1. The normalized spacial score (nSPS) is 19.3. The SMILES string of the molecule is CCCOC1CCCN(C(=O)CSc2n[nH]c(C)n2)C1. The summed E-state index contributed by atoms with van der Waals surface area (Å²) >= 11 is 1.38. The number of rotatable bonds is 6. The lowest BCUT2D eigenvalue weighted by atomic mass is 10.1. The summed E-state index contributed by atoms with van der Waals surface area (Å²) in [7, 11) is 0. The molecule has 7 heteroatoms. The van der Waals surface area contributed by atoms with Crippen LogP contribution in [0.4, 0.5) is 0 Å². The fourth-order valence-electron chi connectivity index (χ4n) is 2.19. The van der Waals surface area contributed by atoms with Crippen LogP contribution in [-0.2, 0) is 9.53 Å². The number of likely N-dealkylation sites (tertiary alicyclic amines) is 1. The number of piperidine rings is 1. The van der Waals surface area contributed by atoms with Crippen LogP contribution in [-0.4, -0.2) is 57.5 Å². The fourth-order valence-corrected chi connectivity index (χ4v) is 2.94. The van der Waals surface area contributed by atoms with E-state index in [9.17, 15) is 4.79 Å². The lowest BCUT2D eigenvalue weighted by Crippen LogP contribution is -2.44. The van der Waals surface area contributed by atoms with Gasteiger partial charge in [0.05, 0.1) is 11.9 Å². The van der Waals surface area contributed by atoms with Crippen molar-refractivity contribution < 1.29 is 9.53 Å². The van der Waals surface area contributed by atoms with E-state index in [0.717, 1.165) is 38.2 Å². The predicted molar refractivity (Wildman–Crippen MR) is 77.7 cm³/mol. The summed E-state index contributed by atoms with van der Waals surface area (Å²) in [4.78, 5) is 18.3. The van der Waals surface area contributed by atoms with Crippen LogP contribution in [0.1, 0.15) is 32.0 Å². The molecule has 0 aliphatic carbocycles. The number of carbonyl (C=O) groups is 1. The Morgan fingerprint density at radius 2 is 2.45 bits per heavy atom. The van der Waals surface area contributed by atoms with Crippen LogP contribution in [0.25, 0.3) is 0 Å². The number of thioether (sulfide) groups is 1. The molecule has 0 radical (unpaired) electrons. The van der Waals surface area contributed by atoms with Crippen molar-refractivity contribution in [2.45, 2.75) is 44.4 Å². The van der Waals surface area contributed by atoms with Crippen LogP contribution >= 0.6 is 11.8 Å². The van der Waals surface area contributed by atoms with E-state index in [1.165, 1.54) is 11.8 Å². The van der Waals surface area contributed by atoms with E-state index in [4.69, 9.17) is 4.74 Å². The van der Waals surface area contributed by atoms with Gasteiger partial charge in [-0.2, -0.15) is 0 Å². The van der Waals surface area contributed by atoms with E-state index in [2.05, 4.69) is 22.1 Å². The molecule has 6 nitrogen and oxygen atoms in total. The Morgan fingerprint density at radius 3 is 3.15 bits per heavy atom. The second kappa shape index (κ2) is 7.64. The molecule has 1 atom stereocenters. The van der Waals surface area contributed by atoms with Crippen LogP contribution in [0.2, 0.25) is 0 Å². The minimum absolute atomic E-state index is 0.141. The lowest BCUT2D eigenvalue weighted by Gasteiger charge is -2.32. The average molecular weight is 298 g/mol. The largest absolute Gasteiger partial charge is 0.376 e. The first-order valence-corrected chi connectivity index (χ1v) is 8.08. The molecular weight excluding hydrogens is 276 g/mol. The fraction of sp³-hybridized carbons (Fsp3) is 0.769. The standard InChI is InChI=1S/C13H22N4O2S/c1-3-7-19-11-5-4-6-17(8-11)12(18)9-20-13-14-10(2)15-16-13/h11H,3-9H2,1-2H3,(H,14,15,16). The zero-order valence-corrected chi connectivity index (χ0v) is 12.9. The summed E-state index contributed by atoms with van der Waals surface area (Å²) < 4.78 is 5.75. The van der Waals surface area contributed by atoms with Gasteiger partial charge in [0, 0.05) is 19.7 Å². The highest BCUT2D eigenvalue weighted by molar-refractivity contribution is 7.99. The highest BCUT2D eigenvalue weighted by Crippen LogP contribution is 2.17. The first kappa shape index (κ1) is 15.3. The van der Waals surface area contributed by atoms with Crippen LogP contribution in [0.15, 0.2) is 5.16 Å². The van der Waals surface area contributed by atoms with Crippen LogP contribution in [0, 0.1) is 6.92 Å². The number of ether oxygens (including phenoxy) is 1. The maximum Gasteiger partial charge on any atom is 0.233 e. The van der Waals surface area contributed by atoms with Crippen molar-refractivity contribution in [3.05, 3.63) is 5.82 Å². The number of hydrogen-bond acceptors (Lipinski definition) is 5. The molecular formula is C13H22N4O2S. The lowest BCUT2D eigenvalue weighted by molar-refractivity contribution is -0.132. The zero-order chi connectivity index (χ0) is 14.4. The van der Waals surface area contributed by atoms with E-state index >= 15 is 0 Å². The van der Waals surface area contributed by atoms with Crippen molar-refractivity contribution >= 4 is 17.7 Å². The minimum atomic E-state index is 0.141. The van der Waals surface area contributed by atoms with Crippen LogP contribution < -0.4 is 0 Å². The number of nitrogens with zero attached hydrogens (tertiary/aromatic N) is 3. The van der Waals surface area contributed by atoms with Gasteiger partial charge in [-0.25, -0.2) is 4.98 Å². The highest BCUT2D eigenvalue weighted by Gasteiger charge is 2.24. The van der Waals surface area contributed by atoms with Crippen LogP contribution in [0.5, 0.6) is 0 Å². The van der Waals surface area contributed by atoms with Crippen molar-refractivity contribution in [3.8, 4) is 0 Å². The number of hydrogen-bond donors (Lipinski definition) is 1. The van der Waals surface area contributed by atoms with E-state index in [0.29, 0.717) is 17.5 Å². The first-order valence-electron chi connectivity index (χ1n) is 7.10. The highest BCUT2D eigenvalue weighted by atomic mass is 32.2. The number of aromatic nitrogens is 3. The Hall–Kier alpha value is -1.08. The molecule has 1 unspecified atom stereocenters. The Morgan fingerprint density at radius 1 is 1.60 bits per heavy atom. The van der Waals surface area contributed by atoms with Crippen molar-refractivity contribution in [2.75, 3.05) is 25.4 Å². The quantitative estimate of drug-likeness (QED) is 0.808. The van der Waals surface area contributed by atoms with Gasteiger partial charge in [0.25, 0.3) is 0 Å². The summed E-state index contributed by atoms with van der Waals surface area (Å²) in [6, 6.07) is 0. The molecule has 0 bridgehead atoms. The molecule has 1 aliphatic heterocycles. The molecule has 1 amide bonds. The van der Waals surface area contributed by atoms with Crippen molar-refractivity contribution in [3.63, 3.8) is 0 Å². The summed E-state index contributed by atoms with van der Waals surface area (Å²) in [5.74, 6) is 1.30. The predicted octanol–water partition coefficient (Wildman–Crippen LogP) is 1.62. The van der Waals surface area contributed by atoms with Gasteiger partial charge in [0.15, 0.2) is 0 Å². The van der Waals surface area contributed by atoms with E-state index in [1.807, 2.05) is 11.8 Å². The molecule has 1 aliphatic rings. The maximum atomic E-state index is 12.2. The van der Waals surface area contributed by atoms with Gasteiger partial charge in [-0.05, 0) is 26.2 Å². The molecule has 1 aromatic heterocycles. The first-order chi connectivity index (χ1) is 9.69. The average Bonchev–Trinajstić information content (AvgIpc) is 2.88. The molecule has 2 rings (SSSR count). The second-order valence-electron chi connectivity index (χ2n) is 4.97. The summed E-state index contributed by atoms with van der Waals surface area (Å²) in [5, 5.41) is 7.43. The van der Waals surface area contributed by atoms with E-state index < -0.39 is 0 Å². The molecule has 1 saturated heterocycles. The monoisotopic (exact) mass is 298 g/mol. The Kier molecular flexibility index (Phi) is 5.85. The zero-order valence-electron chi connectivity index (χ0n) is 12.1. The number of nitrogens with one attached hydrogen (secondary N) is 1. The van der Waals surface area contributed by atoms with Gasteiger partial charge in [0.2, 0.25) is 11.1 Å². The van der Waals surface area contributed by atoms with Gasteiger partial charge in [-0.15, -0.1) is 5.10 Å². The van der Waals surface area contributed by atoms with E-state index in [1.54, 1.807) is 0 Å². The Labute approximate surface area is 123 Å². The molecule has 1 N–H and O–H groups in total. The Balaban J connectivity index is 1.76. The molecule has 1 aromatic rings. The Bertz CT molecular complexity index is 438. The van der Waals surface area contributed by atoms with Gasteiger partial charge in [0.1, 0.15) is 5.82 Å². The number of amides is 1. The van der Waals surface area contributed by atoms with Crippen molar-refractivity contribution in [2.24, 2.45) is 0 Å². The summed E-state index contributed by atoms with van der Waals surface area (Å²) in [6.07, 6.45) is 3.29. The molecule has 20 heavy (non-hydrogen) atoms. The summed E-state index contributed by atoms with van der Waals surface area (Å²) in [6.45, 7) is 6.27. The molecule has 1 fully saturated rings. The third-order valence-corrected chi connectivity index (χ3v) is 4.02. The summed E-state index contributed by atoms with van der Waals surface area (Å²) in [5.41, 5.74) is 0. The van der Waals surface area contributed by atoms with Gasteiger partial charge < -0.3 is 9.64 Å². The van der Waals surface area contributed by atoms with Crippen molar-refractivity contribution in [1.82, 2.24) is 20.1 Å². The maximum absolute atomic E-state index is 12.2. The van der Waals surface area contributed by atoms with Gasteiger partial charge in [-0.3, -0.25) is 9.89 Å². The third kappa shape index (κ3) is 4.49. The van der Waals surface area contributed by atoms with Gasteiger partial charge in [-0.1, -0.05) is 18.7 Å². The smallest absolute Gasteiger partial charge is 0.233 e. The van der Waals surface area contributed by atoms with Gasteiger partial charge >= 0.3 is 0 Å². The number of carbonyl (C=O) groups excluding carboxylic acids is 1. The van der Waals surface area contributed by atoms with Crippen molar-refractivity contribution in [1.29, 1.82) is 0 Å².